The van der Waals surface area contributed by atoms with Gasteiger partial charge in [-0.3, -0.25) is 14.4 Å². The molecule has 1 aliphatic heterocycles. The molecule has 0 saturated heterocycles. The van der Waals surface area contributed by atoms with Gasteiger partial charge in [0.1, 0.15) is 5.82 Å². The van der Waals surface area contributed by atoms with Gasteiger partial charge in [0.25, 0.3) is 5.56 Å². The molecule has 1 aliphatic rings. The molecule has 130 valence electrons. The van der Waals surface area contributed by atoms with Crippen molar-refractivity contribution in [1.82, 2.24) is 9.97 Å². The van der Waals surface area contributed by atoms with Crippen LogP contribution in [0.4, 0.5) is 11.5 Å². The molecule has 2 amide bonds. The molecule has 0 fully saturated rings. The van der Waals surface area contributed by atoms with Crippen molar-refractivity contribution in [1.29, 1.82) is 0 Å². The van der Waals surface area contributed by atoms with E-state index in [0.717, 1.165) is 11.3 Å². The summed E-state index contributed by atoms with van der Waals surface area (Å²) in [5.74, 6) is -0.704. The number of anilines is 2. The van der Waals surface area contributed by atoms with Gasteiger partial charge in [-0.1, -0.05) is 36.9 Å². The van der Waals surface area contributed by atoms with Crippen molar-refractivity contribution in [3.63, 3.8) is 0 Å². The number of thioether (sulfide) groups is 1. The highest BCUT2D eigenvalue weighted by molar-refractivity contribution is 7.99. The number of nitrogens with zero attached hydrogens (tertiary/aromatic N) is 1. The predicted molar refractivity (Wildman–Crippen MR) is 97.1 cm³/mol. The number of benzene rings is 1. The van der Waals surface area contributed by atoms with Crippen LogP contribution in [0, 0.1) is 6.92 Å². The Morgan fingerprint density at radius 1 is 1.36 bits per heavy atom. The van der Waals surface area contributed by atoms with Gasteiger partial charge in [-0.15, -0.1) is 0 Å². The topological polar surface area (TPSA) is 104 Å². The van der Waals surface area contributed by atoms with Crippen LogP contribution in [0.5, 0.6) is 0 Å². The summed E-state index contributed by atoms with van der Waals surface area (Å²) in [4.78, 5) is 44.1. The zero-order chi connectivity index (χ0) is 18.0. The van der Waals surface area contributed by atoms with E-state index in [1.807, 2.05) is 32.0 Å². The molecule has 2 heterocycles. The van der Waals surface area contributed by atoms with Gasteiger partial charge in [-0.2, -0.15) is 0 Å². The van der Waals surface area contributed by atoms with Crippen molar-refractivity contribution in [2.75, 3.05) is 16.4 Å². The van der Waals surface area contributed by atoms with Crippen LogP contribution in [-0.4, -0.2) is 27.5 Å². The highest BCUT2D eigenvalue weighted by Gasteiger charge is 2.34. The number of para-hydroxylation sites is 1. The van der Waals surface area contributed by atoms with Crippen LogP contribution < -0.4 is 16.2 Å². The number of hydrogen-bond acceptors (Lipinski definition) is 5. The SMILES string of the molecule is CCSc1nc2c(c(=O)[nH]1)C(C(=O)Nc1ccccc1C)CC(=O)N2. The second kappa shape index (κ2) is 7.10. The standard InChI is InChI=1S/C17H18N4O3S/c1-3-25-17-20-14-13(16(24)21-17)10(8-12(22)19-14)15(23)18-11-7-5-4-6-9(11)2/h4-7,10H,3,8H2,1-2H3,(H,18,23)(H2,19,20,21,22,24). The number of carbonyl (C=O) groups excluding carboxylic acids is 2. The largest absolute Gasteiger partial charge is 0.325 e. The van der Waals surface area contributed by atoms with E-state index >= 15 is 0 Å². The molecule has 0 spiro atoms. The summed E-state index contributed by atoms with van der Waals surface area (Å²) in [6.45, 7) is 3.81. The number of amides is 2. The van der Waals surface area contributed by atoms with Gasteiger partial charge in [0.05, 0.1) is 11.5 Å². The fourth-order valence-corrected chi connectivity index (χ4v) is 3.31. The Morgan fingerprint density at radius 2 is 2.12 bits per heavy atom. The summed E-state index contributed by atoms with van der Waals surface area (Å²) >= 11 is 1.36. The van der Waals surface area contributed by atoms with Gasteiger partial charge < -0.3 is 15.6 Å². The highest BCUT2D eigenvalue weighted by atomic mass is 32.2. The normalized spacial score (nSPS) is 16.1. The number of rotatable bonds is 4. The van der Waals surface area contributed by atoms with E-state index in [4.69, 9.17) is 0 Å². The zero-order valence-electron chi connectivity index (χ0n) is 13.9. The fourth-order valence-electron chi connectivity index (χ4n) is 2.71. The Labute approximate surface area is 148 Å². The van der Waals surface area contributed by atoms with Gasteiger partial charge in [0, 0.05) is 12.1 Å². The third kappa shape index (κ3) is 3.58. The summed E-state index contributed by atoms with van der Waals surface area (Å²) in [6, 6.07) is 7.34. The van der Waals surface area contributed by atoms with Gasteiger partial charge in [0.15, 0.2) is 5.16 Å². The van der Waals surface area contributed by atoms with Crippen molar-refractivity contribution in [2.24, 2.45) is 0 Å². The number of aryl methyl sites for hydroxylation is 1. The quantitative estimate of drug-likeness (QED) is 0.574. The van der Waals surface area contributed by atoms with Crippen molar-refractivity contribution in [3.05, 3.63) is 45.7 Å². The number of carbonyl (C=O) groups is 2. The van der Waals surface area contributed by atoms with Crippen molar-refractivity contribution in [2.45, 2.75) is 31.3 Å². The molecule has 1 unspecified atom stereocenters. The second-order valence-electron chi connectivity index (χ2n) is 5.68. The minimum absolute atomic E-state index is 0.0876. The lowest BCUT2D eigenvalue weighted by molar-refractivity contribution is -0.123. The van der Waals surface area contributed by atoms with Gasteiger partial charge in [-0.05, 0) is 24.3 Å². The first-order valence-electron chi connectivity index (χ1n) is 7.93. The molecule has 1 aromatic heterocycles. The Balaban J connectivity index is 1.96. The van der Waals surface area contributed by atoms with Crippen molar-refractivity contribution in [3.8, 4) is 0 Å². The number of hydrogen-bond donors (Lipinski definition) is 3. The summed E-state index contributed by atoms with van der Waals surface area (Å²) in [5.41, 5.74) is 1.36. The third-order valence-corrected chi connectivity index (χ3v) is 4.69. The van der Waals surface area contributed by atoms with Crippen LogP contribution in [0.15, 0.2) is 34.2 Å². The third-order valence-electron chi connectivity index (χ3n) is 3.93. The number of fused-ring (bicyclic) bond motifs is 1. The summed E-state index contributed by atoms with van der Waals surface area (Å²) in [6.07, 6.45) is -0.0876. The number of nitrogens with one attached hydrogen (secondary N) is 3. The molecule has 7 nitrogen and oxygen atoms in total. The van der Waals surface area contributed by atoms with E-state index in [-0.39, 0.29) is 23.7 Å². The van der Waals surface area contributed by atoms with Crippen molar-refractivity contribution >= 4 is 35.1 Å². The first-order chi connectivity index (χ1) is 12.0. The molecular weight excluding hydrogens is 340 g/mol. The lowest BCUT2D eigenvalue weighted by Crippen LogP contribution is -2.36. The molecule has 3 N–H and O–H groups in total. The molecule has 8 heteroatoms. The minimum atomic E-state index is -0.875. The predicted octanol–water partition coefficient (Wildman–Crippen LogP) is 2.25. The fraction of sp³-hybridized carbons (Fsp3) is 0.294. The molecule has 1 atom stereocenters. The first kappa shape index (κ1) is 17.2. The van der Waals surface area contributed by atoms with Crippen LogP contribution in [0.25, 0.3) is 0 Å². The summed E-state index contributed by atoms with van der Waals surface area (Å²) in [7, 11) is 0. The summed E-state index contributed by atoms with van der Waals surface area (Å²) in [5, 5.41) is 5.82. The lowest BCUT2D eigenvalue weighted by atomic mass is 9.92. The van der Waals surface area contributed by atoms with Gasteiger partial charge >= 0.3 is 0 Å². The average Bonchev–Trinajstić information content (AvgIpc) is 2.56. The number of H-pyrrole nitrogens is 1. The van der Waals surface area contributed by atoms with Gasteiger partial charge in [-0.25, -0.2) is 4.98 Å². The van der Waals surface area contributed by atoms with Crippen molar-refractivity contribution < 1.29 is 9.59 Å². The van der Waals surface area contributed by atoms with E-state index in [9.17, 15) is 14.4 Å². The highest BCUT2D eigenvalue weighted by Crippen LogP contribution is 2.30. The molecule has 0 radical (unpaired) electrons. The molecule has 0 aliphatic carbocycles. The average molecular weight is 358 g/mol. The van der Waals surface area contributed by atoms with E-state index in [1.165, 1.54) is 11.8 Å². The monoisotopic (exact) mass is 358 g/mol. The van der Waals surface area contributed by atoms with E-state index in [2.05, 4.69) is 20.6 Å². The molecule has 2 aromatic rings. The Bertz CT molecular complexity index is 894. The van der Waals surface area contributed by atoms with Crippen LogP contribution in [0.3, 0.4) is 0 Å². The molecule has 3 rings (SSSR count). The minimum Gasteiger partial charge on any atom is -0.325 e. The summed E-state index contributed by atoms with van der Waals surface area (Å²) < 4.78 is 0. The van der Waals surface area contributed by atoms with Gasteiger partial charge in [0.2, 0.25) is 11.8 Å². The Morgan fingerprint density at radius 3 is 2.84 bits per heavy atom. The molecule has 25 heavy (non-hydrogen) atoms. The van der Waals surface area contributed by atoms with Crippen LogP contribution in [0.2, 0.25) is 0 Å². The lowest BCUT2D eigenvalue weighted by Gasteiger charge is -2.23. The molecular formula is C17H18N4O3S. The Kier molecular flexibility index (Phi) is 4.89. The molecule has 0 saturated carbocycles. The number of aromatic nitrogens is 2. The molecule has 1 aromatic carbocycles. The maximum atomic E-state index is 12.7. The number of aromatic amines is 1. The second-order valence-corrected chi connectivity index (χ2v) is 6.93. The first-order valence-corrected chi connectivity index (χ1v) is 8.91. The Hall–Kier alpha value is -2.61. The molecule has 0 bridgehead atoms. The van der Waals surface area contributed by atoms with Crippen LogP contribution in [-0.2, 0) is 9.59 Å². The van der Waals surface area contributed by atoms with Crippen LogP contribution >= 0.6 is 11.8 Å². The smallest absolute Gasteiger partial charge is 0.257 e. The van der Waals surface area contributed by atoms with E-state index in [1.54, 1.807) is 6.07 Å². The van der Waals surface area contributed by atoms with E-state index < -0.39 is 17.4 Å². The zero-order valence-corrected chi connectivity index (χ0v) is 14.7. The maximum absolute atomic E-state index is 12.7. The maximum Gasteiger partial charge on any atom is 0.257 e. The van der Waals surface area contributed by atoms with E-state index in [0.29, 0.717) is 10.8 Å². The van der Waals surface area contributed by atoms with Crippen LogP contribution in [0.1, 0.15) is 30.4 Å².